The third-order valence-electron chi connectivity index (χ3n) is 6.65. The first-order chi connectivity index (χ1) is 18.2. The first-order valence-corrected chi connectivity index (χ1v) is 13.4. The number of aromatic nitrogens is 1. The summed E-state index contributed by atoms with van der Waals surface area (Å²) < 4.78 is 2.27. The molecule has 1 unspecified atom stereocenters. The number of carbonyl (C=O) groups is 1. The first kappa shape index (κ1) is 30.5. The zero-order valence-electron chi connectivity index (χ0n) is 24.4. The molecule has 1 heterocycles. The number of rotatable bonds is 8. The standard InChI is InChI=1S/C35H44N2O/c1-9-12-13-18-35-29(8)26(5)21-34(33(15-10-2)30-19-20-30)32(11-3)27(6)23-37(35)31(22-28(7)36)17-14-16-25(4)24-38/h9,11-14,16-18,21-24,30-31H,19-20,36H2,1-8H3/b12-9+,17-14?,18-13-,25-16+,26-21?,27-23?,28-22+,32-11-,34-33+,35-29?. The maximum Gasteiger partial charge on any atom is 0.145 e. The minimum absolute atomic E-state index is 0.166. The number of hydrogen-bond donors (Lipinski definition) is 1. The van der Waals surface area contributed by atoms with Crippen molar-refractivity contribution in [3.63, 3.8) is 0 Å². The van der Waals surface area contributed by atoms with Gasteiger partial charge in [-0.3, -0.25) is 4.79 Å². The normalized spacial score (nSPS) is 16.6. The Hall–Kier alpha value is -3.77. The molecule has 1 atom stereocenters. The smallest absolute Gasteiger partial charge is 0.145 e. The Bertz CT molecular complexity index is 1420. The second kappa shape index (κ2) is 14.8. The Morgan fingerprint density at radius 3 is 2.37 bits per heavy atom. The van der Waals surface area contributed by atoms with Crippen molar-refractivity contribution in [2.45, 2.75) is 74.3 Å². The molecule has 1 saturated carbocycles. The fourth-order valence-corrected chi connectivity index (χ4v) is 4.43. The molecule has 0 spiro atoms. The first-order valence-electron chi connectivity index (χ1n) is 13.4. The summed E-state index contributed by atoms with van der Waals surface area (Å²) in [7, 11) is 0. The molecule has 1 aliphatic rings. The van der Waals surface area contributed by atoms with Crippen LogP contribution in [0, 0.1) is 38.5 Å². The van der Waals surface area contributed by atoms with Crippen LogP contribution in [0.2, 0.25) is 0 Å². The minimum atomic E-state index is -0.166. The lowest BCUT2D eigenvalue weighted by molar-refractivity contribution is -0.104. The van der Waals surface area contributed by atoms with Gasteiger partial charge in [0.15, 0.2) is 0 Å². The van der Waals surface area contributed by atoms with E-state index in [1.54, 1.807) is 6.92 Å². The van der Waals surface area contributed by atoms with Crippen LogP contribution >= 0.6 is 0 Å². The second-order valence-electron chi connectivity index (χ2n) is 9.94. The monoisotopic (exact) mass is 508 g/mol. The van der Waals surface area contributed by atoms with E-state index in [4.69, 9.17) is 5.73 Å². The molecular weight excluding hydrogens is 464 g/mol. The summed E-state index contributed by atoms with van der Waals surface area (Å²) >= 11 is 0. The summed E-state index contributed by atoms with van der Waals surface area (Å²) in [6.45, 7) is 16.3. The van der Waals surface area contributed by atoms with Crippen molar-refractivity contribution in [1.82, 2.24) is 4.57 Å². The molecular formula is C35H44N2O. The van der Waals surface area contributed by atoms with E-state index >= 15 is 0 Å². The number of carbonyl (C=O) groups excluding carboxylic acids is 1. The van der Waals surface area contributed by atoms with Gasteiger partial charge in [0.2, 0.25) is 0 Å². The lowest BCUT2D eigenvalue weighted by atomic mass is 10.0. The topological polar surface area (TPSA) is 48.0 Å². The molecule has 0 saturated heterocycles. The van der Waals surface area contributed by atoms with Gasteiger partial charge in [-0.05, 0) is 119 Å². The second-order valence-corrected chi connectivity index (χ2v) is 9.94. The molecule has 1 aromatic heterocycles. The van der Waals surface area contributed by atoms with Crippen LogP contribution in [0.3, 0.4) is 0 Å². The maximum atomic E-state index is 11.2. The lowest BCUT2D eigenvalue weighted by Crippen LogP contribution is -2.28. The van der Waals surface area contributed by atoms with E-state index in [9.17, 15) is 4.79 Å². The van der Waals surface area contributed by atoms with Crippen LogP contribution in [0.5, 0.6) is 0 Å². The molecule has 0 aromatic carbocycles. The Kier molecular flexibility index (Phi) is 11.9. The zero-order valence-corrected chi connectivity index (χ0v) is 24.4. The largest absolute Gasteiger partial charge is 0.402 e. The van der Waals surface area contributed by atoms with E-state index in [0.29, 0.717) is 11.5 Å². The van der Waals surface area contributed by atoms with E-state index in [1.165, 1.54) is 40.0 Å². The van der Waals surface area contributed by atoms with Crippen molar-refractivity contribution >= 4 is 24.0 Å². The predicted octanol–water partition coefficient (Wildman–Crippen LogP) is 6.62. The van der Waals surface area contributed by atoms with E-state index in [1.807, 2.05) is 51.2 Å². The summed E-state index contributed by atoms with van der Waals surface area (Å²) in [5, 5.41) is 2.41. The van der Waals surface area contributed by atoms with Crippen molar-refractivity contribution in [3.05, 3.63) is 98.9 Å². The number of nitrogens with two attached hydrogens (primary N) is 1. The Labute approximate surface area is 229 Å². The summed E-state index contributed by atoms with van der Waals surface area (Å²) in [6.07, 6.45) is 23.8. The Balaban J connectivity index is 3.22. The zero-order chi connectivity index (χ0) is 28.2. The number of nitrogens with zero attached hydrogens (tertiary/aromatic N) is 1. The summed E-state index contributed by atoms with van der Waals surface area (Å²) in [6, 6.07) is 2.15. The van der Waals surface area contributed by atoms with Gasteiger partial charge < -0.3 is 10.3 Å². The van der Waals surface area contributed by atoms with Crippen molar-refractivity contribution in [3.8, 4) is 11.8 Å². The molecule has 3 heteroatoms. The Morgan fingerprint density at radius 2 is 1.82 bits per heavy atom. The highest BCUT2D eigenvalue weighted by atomic mass is 16.1. The van der Waals surface area contributed by atoms with Gasteiger partial charge in [-0.2, -0.15) is 0 Å². The number of aldehydes is 1. The fraction of sp³-hybridized carbons (Fsp3) is 0.343. The third kappa shape index (κ3) is 8.38. The number of aryl methyl sites for hydroxylation is 2. The molecule has 0 aliphatic heterocycles. The van der Waals surface area contributed by atoms with Crippen molar-refractivity contribution in [2.75, 3.05) is 0 Å². The summed E-state index contributed by atoms with van der Waals surface area (Å²) in [5.74, 6) is 7.15. The van der Waals surface area contributed by atoms with Crippen LogP contribution in [-0.2, 0) is 4.79 Å². The number of allylic oxidation sites excluding steroid dienone is 9. The van der Waals surface area contributed by atoms with Gasteiger partial charge in [-0.1, -0.05) is 54.5 Å². The van der Waals surface area contributed by atoms with Gasteiger partial charge >= 0.3 is 0 Å². The molecule has 1 aliphatic carbocycles. The molecule has 2 N–H and O–H groups in total. The van der Waals surface area contributed by atoms with E-state index < -0.39 is 0 Å². The summed E-state index contributed by atoms with van der Waals surface area (Å²) in [4.78, 5) is 11.2. The predicted molar refractivity (Wildman–Crippen MR) is 165 cm³/mol. The molecule has 1 aromatic rings. The molecule has 0 bridgehead atoms. The van der Waals surface area contributed by atoms with Crippen LogP contribution < -0.4 is 16.2 Å². The van der Waals surface area contributed by atoms with Crippen molar-refractivity contribution < 1.29 is 4.79 Å². The van der Waals surface area contributed by atoms with Crippen LogP contribution in [0.25, 0.3) is 17.7 Å². The molecule has 1 fully saturated rings. The van der Waals surface area contributed by atoms with Crippen molar-refractivity contribution in [1.29, 1.82) is 0 Å². The molecule has 200 valence electrons. The van der Waals surface area contributed by atoms with Crippen LogP contribution in [0.1, 0.15) is 75.9 Å². The molecule has 2 rings (SSSR count). The van der Waals surface area contributed by atoms with Gasteiger partial charge in [0.05, 0.1) is 6.04 Å². The lowest BCUT2D eigenvalue weighted by Gasteiger charge is -2.19. The molecule has 3 nitrogen and oxygen atoms in total. The van der Waals surface area contributed by atoms with Gasteiger partial charge in [-0.25, -0.2) is 0 Å². The van der Waals surface area contributed by atoms with Gasteiger partial charge in [-0.15, -0.1) is 5.92 Å². The van der Waals surface area contributed by atoms with E-state index in [-0.39, 0.29) is 6.04 Å². The summed E-state index contributed by atoms with van der Waals surface area (Å²) in [5.41, 5.74) is 13.4. The van der Waals surface area contributed by atoms with E-state index in [0.717, 1.165) is 23.2 Å². The van der Waals surface area contributed by atoms with Crippen LogP contribution in [0.4, 0.5) is 0 Å². The van der Waals surface area contributed by atoms with Crippen LogP contribution in [-0.4, -0.2) is 10.9 Å². The average molecular weight is 509 g/mol. The number of hydrogen-bond acceptors (Lipinski definition) is 2. The highest BCUT2D eigenvalue weighted by Crippen LogP contribution is 2.36. The molecule has 0 radical (unpaired) electrons. The average Bonchev–Trinajstić information content (AvgIpc) is 3.72. The minimum Gasteiger partial charge on any atom is -0.402 e. The Morgan fingerprint density at radius 1 is 1.11 bits per heavy atom. The van der Waals surface area contributed by atoms with Gasteiger partial charge in [0.1, 0.15) is 6.29 Å². The third-order valence-corrected chi connectivity index (χ3v) is 6.65. The van der Waals surface area contributed by atoms with Crippen molar-refractivity contribution in [2.24, 2.45) is 11.7 Å². The van der Waals surface area contributed by atoms with Gasteiger partial charge in [0, 0.05) is 23.2 Å². The van der Waals surface area contributed by atoms with Gasteiger partial charge in [0.25, 0.3) is 0 Å². The molecule has 0 amide bonds. The fourth-order valence-electron chi connectivity index (χ4n) is 4.43. The quantitative estimate of drug-likeness (QED) is 0.186. The highest BCUT2D eigenvalue weighted by molar-refractivity contribution is 5.72. The highest BCUT2D eigenvalue weighted by Gasteiger charge is 2.25. The SMILES string of the molecule is CC#C/C(=c1/cc(C)c(C)c(/C=C\C=C\C)n(C(C=C/C=C(\C)C=O)/C=C(\C)N)cc(C)/c1=C/C)C1CC1. The maximum absolute atomic E-state index is 11.2. The van der Waals surface area contributed by atoms with Crippen LogP contribution in [0.15, 0.2) is 66.1 Å². The van der Waals surface area contributed by atoms with E-state index in [2.05, 4.69) is 80.7 Å². The molecule has 38 heavy (non-hydrogen) atoms.